The first-order valence-electron chi connectivity index (χ1n) is 5.85. The molecule has 18 heavy (non-hydrogen) atoms. The molecular formula is C10H16N6S2. The van der Waals surface area contributed by atoms with E-state index in [0.717, 1.165) is 29.4 Å². The highest BCUT2D eigenvalue weighted by Crippen LogP contribution is 2.21. The van der Waals surface area contributed by atoms with Crippen molar-refractivity contribution in [3.8, 4) is 0 Å². The summed E-state index contributed by atoms with van der Waals surface area (Å²) in [7, 11) is 0. The van der Waals surface area contributed by atoms with Crippen LogP contribution in [-0.2, 0) is 18.7 Å². The first-order valence-corrected chi connectivity index (χ1v) is 7.72. The third-order valence-corrected chi connectivity index (χ3v) is 4.20. The zero-order chi connectivity index (χ0) is 12.8. The Hall–Kier alpha value is -0.990. The van der Waals surface area contributed by atoms with E-state index in [0.29, 0.717) is 13.1 Å². The molecule has 0 aliphatic heterocycles. The van der Waals surface area contributed by atoms with Crippen LogP contribution in [0.15, 0.2) is 10.5 Å². The molecule has 6 nitrogen and oxygen atoms in total. The van der Waals surface area contributed by atoms with Gasteiger partial charge in [0.2, 0.25) is 5.16 Å². The lowest BCUT2D eigenvalue weighted by Crippen LogP contribution is -2.12. The molecule has 2 heterocycles. The normalized spacial score (nSPS) is 11.0. The summed E-state index contributed by atoms with van der Waals surface area (Å²) in [6.07, 6.45) is 2.19. The van der Waals surface area contributed by atoms with Gasteiger partial charge in [-0.25, -0.2) is 9.67 Å². The Bertz CT molecular complexity index is 480. The average molecular weight is 284 g/mol. The maximum atomic E-state index is 5.50. The highest BCUT2D eigenvalue weighted by Gasteiger charge is 2.08. The molecule has 2 rings (SSSR count). The molecule has 0 saturated carbocycles. The summed E-state index contributed by atoms with van der Waals surface area (Å²) in [5.74, 6) is 0.797. The minimum atomic E-state index is 0.538. The number of nitrogens with zero attached hydrogens (tertiary/aromatic N) is 5. The van der Waals surface area contributed by atoms with E-state index >= 15 is 0 Å². The fourth-order valence-corrected chi connectivity index (χ4v) is 3.25. The summed E-state index contributed by atoms with van der Waals surface area (Å²) in [4.78, 5) is 4.57. The van der Waals surface area contributed by atoms with Crippen molar-refractivity contribution in [2.24, 2.45) is 5.73 Å². The van der Waals surface area contributed by atoms with E-state index in [1.165, 1.54) is 5.01 Å². The number of thiazole rings is 1. The summed E-state index contributed by atoms with van der Waals surface area (Å²) in [5, 5.41) is 15.6. The number of nitrogens with two attached hydrogens (primary N) is 1. The lowest BCUT2D eigenvalue weighted by molar-refractivity contribution is 0.557. The van der Waals surface area contributed by atoms with Crippen LogP contribution < -0.4 is 5.73 Å². The molecule has 98 valence electrons. The van der Waals surface area contributed by atoms with Crippen molar-refractivity contribution < 1.29 is 0 Å². The number of hydrogen-bond acceptors (Lipinski definition) is 7. The monoisotopic (exact) mass is 284 g/mol. The van der Waals surface area contributed by atoms with Crippen molar-refractivity contribution in [1.29, 1.82) is 0 Å². The fraction of sp³-hybridized carbons (Fsp3) is 0.600. The highest BCUT2D eigenvalue weighted by atomic mass is 32.2. The number of rotatable bonds is 7. The van der Waals surface area contributed by atoms with Crippen molar-refractivity contribution in [3.05, 3.63) is 16.1 Å². The predicted molar refractivity (Wildman–Crippen MR) is 72.5 cm³/mol. The van der Waals surface area contributed by atoms with Gasteiger partial charge in [0.1, 0.15) is 0 Å². The molecule has 2 aromatic heterocycles. The standard InChI is InChI=1S/C10H16N6S2/c1-2-3-9-12-8(6-17-9)7-18-10-13-14-15-16(10)5-4-11/h6H,2-5,7,11H2,1H3. The number of aromatic nitrogens is 5. The van der Waals surface area contributed by atoms with E-state index in [2.05, 4.69) is 32.8 Å². The van der Waals surface area contributed by atoms with Gasteiger partial charge in [-0.15, -0.1) is 16.4 Å². The van der Waals surface area contributed by atoms with Gasteiger partial charge < -0.3 is 5.73 Å². The number of hydrogen-bond donors (Lipinski definition) is 1. The van der Waals surface area contributed by atoms with Crippen LogP contribution in [0.4, 0.5) is 0 Å². The molecule has 0 unspecified atom stereocenters. The summed E-state index contributed by atoms with van der Waals surface area (Å²) >= 11 is 3.32. The SMILES string of the molecule is CCCc1nc(CSc2nnnn2CCN)cs1. The van der Waals surface area contributed by atoms with Gasteiger partial charge in [0, 0.05) is 17.7 Å². The molecule has 0 aliphatic carbocycles. The molecule has 0 spiro atoms. The van der Waals surface area contributed by atoms with Gasteiger partial charge in [-0.05, 0) is 23.3 Å². The van der Waals surface area contributed by atoms with Crippen LogP contribution in [0, 0.1) is 0 Å². The van der Waals surface area contributed by atoms with Crippen LogP contribution in [0.5, 0.6) is 0 Å². The van der Waals surface area contributed by atoms with E-state index in [1.807, 2.05) is 0 Å². The summed E-state index contributed by atoms with van der Waals surface area (Å²) < 4.78 is 1.73. The summed E-state index contributed by atoms with van der Waals surface area (Å²) in [6.45, 7) is 3.35. The Morgan fingerprint density at radius 3 is 3.17 bits per heavy atom. The van der Waals surface area contributed by atoms with Gasteiger partial charge in [-0.3, -0.25) is 0 Å². The molecule has 0 fully saturated rings. The molecule has 2 aromatic rings. The van der Waals surface area contributed by atoms with Crippen LogP contribution in [0.1, 0.15) is 24.0 Å². The molecule has 0 aromatic carbocycles. The van der Waals surface area contributed by atoms with Gasteiger partial charge in [0.25, 0.3) is 0 Å². The first kappa shape index (κ1) is 13.4. The van der Waals surface area contributed by atoms with E-state index in [9.17, 15) is 0 Å². The topological polar surface area (TPSA) is 82.5 Å². The highest BCUT2D eigenvalue weighted by molar-refractivity contribution is 7.98. The average Bonchev–Trinajstić information content (AvgIpc) is 2.97. The smallest absolute Gasteiger partial charge is 0.209 e. The summed E-state index contributed by atoms with van der Waals surface area (Å²) in [5.41, 5.74) is 6.59. The Labute approximate surface area is 114 Å². The predicted octanol–water partition coefficient (Wildman–Crippen LogP) is 1.33. The minimum Gasteiger partial charge on any atom is -0.329 e. The molecule has 0 radical (unpaired) electrons. The zero-order valence-corrected chi connectivity index (χ0v) is 11.9. The second kappa shape index (κ2) is 6.81. The van der Waals surface area contributed by atoms with Crippen molar-refractivity contribution in [2.45, 2.75) is 37.2 Å². The molecule has 0 atom stereocenters. The third kappa shape index (κ3) is 3.50. The second-order valence-corrected chi connectivity index (χ2v) is 5.63. The van der Waals surface area contributed by atoms with Crippen LogP contribution in [0.25, 0.3) is 0 Å². The van der Waals surface area contributed by atoms with Crippen LogP contribution in [-0.4, -0.2) is 31.7 Å². The van der Waals surface area contributed by atoms with Gasteiger partial charge in [-0.1, -0.05) is 18.7 Å². The number of thioether (sulfide) groups is 1. The van der Waals surface area contributed by atoms with Crippen molar-refractivity contribution in [2.75, 3.05) is 6.54 Å². The molecular weight excluding hydrogens is 268 g/mol. The second-order valence-electron chi connectivity index (χ2n) is 3.74. The Morgan fingerprint density at radius 2 is 2.39 bits per heavy atom. The number of aryl methyl sites for hydroxylation is 1. The third-order valence-electron chi connectivity index (χ3n) is 2.25. The van der Waals surface area contributed by atoms with E-state index in [1.54, 1.807) is 27.8 Å². The lowest BCUT2D eigenvalue weighted by atomic mass is 10.3. The Balaban J connectivity index is 1.91. The molecule has 0 aliphatic rings. The van der Waals surface area contributed by atoms with Crippen LogP contribution >= 0.6 is 23.1 Å². The van der Waals surface area contributed by atoms with Gasteiger partial charge in [0.05, 0.1) is 17.2 Å². The maximum Gasteiger partial charge on any atom is 0.209 e. The molecule has 0 bridgehead atoms. The lowest BCUT2D eigenvalue weighted by Gasteiger charge is -2.00. The van der Waals surface area contributed by atoms with Gasteiger partial charge >= 0.3 is 0 Å². The van der Waals surface area contributed by atoms with E-state index < -0.39 is 0 Å². The van der Waals surface area contributed by atoms with E-state index in [-0.39, 0.29) is 0 Å². The fourth-order valence-electron chi connectivity index (χ4n) is 1.44. The quantitative estimate of drug-likeness (QED) is 0.772. The zero-order valence-electron chi connectivity index (χ0n) is 10.2. The van der Waals surface area contributed by atoms with Gasteiger partial charge in [-0.2, -0.15) is 0 Å². The minimum absolute atomic E-state index is 0.538. The van der Waals surface area contributed by atoms with Gasteiger partial charge in [0.15, 0.2) is 0 Å². The molecule has 0 amide bonds. The van der Waals surface area contributed by atoms with Crippen LogP contribution in [0.2, 0.25) is 0 Å². The Morgan fingerprint density at radius 1 is 1.50 bits per heavy atom. The van der Waals surface area contributed by atoms with Crippen LogP contribution in [0.3, 0.4) is 0 Å². The van der Waals surface area contributed by atoms with Crippen molar-refractivity contribution in [1.82, 2.24) is 25.2 Å². The first-order chi connectivity index (χ1) is 8.83. The van der Waals surface area contributed by atoms with Crippen molar-refractivity contribution >= 4 is 23.1 Å². The molecule has 8 heteroatoms. The maximum absolute atomic E-state index is 5.50. The Kier molecular flexibility index (Phi) is 5.09. The summed E-state index contributed by atoms with van der Waals surface area (Å²) in [6, 6.07) is 0. The van der Waals surface area contributed by atoms with Crippen molar-refractivity contribution in [3.63, 3.8) is 0 Å². The largest absolute Gasteiger partial charge is 0.329 e. The molecule has 0 saturated heterocycles. The molecule has 2 N–H and O–H groups in total. The number of tetrazole rings is 1. The van der Waals surface area contributed by atoms with E-state index in [4.69, 9.17) is 5.73 Å².